The van der Waals surface area contributed by atoms with Crippen LogP contribution >= 0.6 is 0 Å². The Labute approximate surface area is 90.1 Å². The predicted molar refractivity (Wildman–Crippen MR) is 60.4 cm³/mol. The van der Waals surface area contributed by atoms with Crippen LogP contribution in [0.4, 0.5) is 5.69 Å². The number of amides is 1. The lowest BCUT2D eigenvalue weighted by atomic mass is 10.1. The zero-order valence-corrected chi connectivity index (χ0v) is 9.16. The second kappa shape index (κ2) is 5.51. The van der Waals surface area contributed by atoms with Crippen LogP contribution < -0.4 is 5.32 Å². The Kier molecular flexibility index (Phi) is 4.31. The SMILES string of the molecule is CC(C)CC(=O)Nc1ccccc1CO. The highest BCUT2D eigenvalue weighted by molar-refractivity contribution is 5.91. The van der Waals surface area contributed by atoms with E-state index in [4.69, 9.17) is 5.11 Å². The molecular weight excluding hydrogens is 190 g/mol. The van der Waals surface area contributed by atoms with Gasteiger partial charge in [0.25, 0.3) is 0 Å². The van der Waals surface area contributed by atoms with Crippen molar-refractivity contribution in [3.05, 3.63) is 29.8 Å². The van der Waals surface area contributed by atoms with E-state index in [9.17, 15) is 4.79 Å². The number of aliphatic hydroxyl groups excluding tert-OH is 1. The van der Waals surface area contributed by atoms with Gasteiger partial charge in [-0.15, -0.1) is 0 Å². The lowest BCUT2D eigenvalue weighted by molar-refractivity contribution is -0.116. The zero-order chi connectivity index (χ0) is 11.3. The van der Waals surface area contributed by atoms with Gasteiger partial charge in [0.1, 0.15) is 0 Å². The third kappa shape index (κ3) is 3.72. The molecule has 1 aromatic carbocycles. The van der Waals surface area contributed by atoms with Crippen LogP contribution in [0.1, 0.15) is 25.8 Å². The Hall–Kier alpha value is -1.35. The minimum absolute atomic E-state index is 0.00843. The summed E-state index contributed by atoms with van der Waals surface area (Å²) in [5.41, 5.74) is 1.44. The number of carbonyl (C=O) groups is 1. The molecule has 0 aromatic heterocycles. The first-order chi connectivity index (χ1) is 7.13. The molecule has 0 aliphatic heterocycles. The van der Waals surface area contributed by atoms with Crippen molar-refractivity contribution < 1.29 is 9.90 Å². The Bertz CT molecular complexity index is 334. The number of benzene rings is 1. The second-order valence-corrected chi connectivity index (χ2v) is 3.96. The van der Waals surface area contributed by atoms with E-state index >= 15 is 0 Å². The molecule has 1 rings (SSSR count). The fourth-order valence-corrected chi connectivity index (χ4v) is 1.35. The maximum atomic E-state index is 11.5. The van der Waals surface area contributed by atoms with Gasteiger partial charge in [-0.25, -0.2) is 0 Å². The van der Waals surface area contributed by atoms with Crippen molar-refractivity contribution in [1.29, 1.82) is 0 Å². The van der Waals surface area contributed by atoms with Crippen molar-refractivity contribution >= 4 is 11.6 Å². The minimum atomic E-state index is -0.0574. The van der Waals surface area contributed by atoms with E-state index in [1.54, 1.807) is 12.1 Å². The van der Waals surface area contributed by atoms with Gasteiger partial charge < -0.3 is 10.4 Å². The molecule has 1 amide bonds. The Morgan fingerprint density at radius 1 is 1.40 bits per heavy atom. The molecule has 0 heterocycles. The van der Waals surface area contributed by atoms with Gasteiger partial charge in [-0.1, -0.05) is 32.0 Å². The first-order valence-electron chi connectivity index (χ1n) is 5.12. The van der Waals surface area contributed by atoms with Gasteiger partial charge in [0.05, 0.1) is 6.61 Å². The smallest absolute Gasteiger partial charge is 0.224 e. The van der Waals surface area contributed by atoms with E-state index in [2.05, 4.69) is 5.32 Å². The number of carbonyl (C=O) groups excluding carboxylic acids is 1. The zero-order valence-electron chi connectivity index (χ0n) is 9.16. The van der Waals surface area contributed by atoms with Crippen LogP contribution in [0.5, 0.6) is 0 Å². The van der Waals surface area contributed by atoms with Crippen molar-refractivity contribution in [1.82, 2.24) is 0 Å². The van der Waals surface area contributed by atoms with Crippen molar-refractivity contribution in [2.75, 3.05) is 5.32 Å². The van der Waals surface area contributed by atoms with Crippen molar-refractivity contribution in [3.63, 3.8) is 0 Å². The Morgan fingerprint density at radius 3 is 2.67 bits per heavy atom. The van der Waals surface area contributed by atoms with Gasteiger partial charge in [0, 0.05) is 17.7 Å². The molecular formula is C12H17NO2. The van der Waals surface area contributed by atoms with Crippen molar-refractivity contribution in [2.24, 2.45) is 5.92 Å². The molecule has 0 saturated heterocycles. The van der Waals surface area contributed by atoms with Gasteiger partial charge in [0.15, 0.2) is 0 Å². The number of para-hydroxylation sites is 1. The first-order valence-corrected chi connectivity index (χ1v) is 5.12. The van der Waals surface area contributed by atoms with Crippen molar-refractivity contribution in [2.45, 2.75) is 26.9 Å². The van der Waals surface area contributed by atoms with Crippen LogP contribution in [-0.4, -0.2) is 11.0 Å². The summed E-state index contributed by atoms with van der Waals surface area (Å²) in [6.45, 7) is 3.94. The number of anilines is 1. The molecule has 0 saturated carbocycles. The third-order valence-corrected chi connectivity index (χ3v) is 2.06. The van der Waals surface area contributed by atoms with Crippen LogP contribution in [0.15, 0.2) is 24.3 Å². The highest BCUT2D eigenvalue weighted by Crippen LogP contribution is 2.15. The van der Waals surface area contributed by atoms with E-state index in [-0.39, 0.29) is 12.5 Å². The van der Waals surface area contributed by atoms with Crippen LogP contribution in [0.3, 0.4) is 0 Å². The molecule has 0 unspecified atom stereocenters. The van der Waals surface area contributed by atoms with Crippen LogP contribution in [-0.2, 0) is 11.4 Å². The molecule has 0 aliphatic carbocycles. The third-order valence-electron chi connectivity index (χ3n) is 2.06. The largest absolute Gasteiger partial charge is 0.392 e. The summed E-state index contributed by atoms with van der Waals surface area (Å²) in [4.78, 5) is 11.5. The second-order valence-electron chi connectivity index (χ2n) is 3.96. The molecule has 0 spiro atoms. The molecule has 1 aromatic rings. The summed E-state index contributed by atoms with van der Waals surface area (Å²) in [6.07, 6.45) is 0.500. The molecule has 15 heavy (non-hydrogen) atoms. The number of nitrogens with one attached hydrogen (secondary N) is 1. The van der Waals surface area contributed by atoms with E-state index in [0.29, 0.717) is 18.0 Å². The molecule has 3 heteroatoms. The fourth-order valence-electron chi connectivity index (χ4n) is 1.35. The summed E-state index contributed by atoms with van der Waals surface area (Å²) in [5, 5.41) is 11.9. The standard InChI is InChI=1S/C12H17NO2/c1-9(2)7-12(15)13-11-6-4-3-5-10(11)8-14/h3-6,9,14H,7-8H2,1-2H3,(H,13,15). The maximum Gasteiger partial charge on any atom is 0.224 e. The lowest BCUT2D eigenvalue weighted by Crippen LogP contribution is -2.15. The van der Waals surface area contributed by atoms with Gasteiger partial charge >= 0.3 is 0 Å². The normalized spacial score (nSPS) is 10.4. The molecule has 3 nitrogen and oxygen atoms in total. The average molecular weight is 207 g/mol. The van der Waals surface area contributed by atoms with E-state index in [0.717, 1.165) is 5.56 Å². The van der Waals surface area contributed by atoms with Crippen LogP contribution in [0, 0.1) is 5.92 Å². The molecule has 82 valence electrons. The number of aliphatic hydroxyl groups is 1. The van der Waals surface area contributed by atoms with Crippen LogP contribution in [0.2, 0.25) is 0 Å². The van der Waals surface area contributed by atoms with Gasteiger partial charge in [-0.2, -0.15) is 0 Å². The maximum absolute atomic E-state index is 11.5. The first kappa shape index (κ1) is 11.7. The molecule has 0 bridgehead atoms. The molecule has 0 fully saturated rings. The summed E-state index contributed by atoms with van der Waals surface area (Å²) < 4.78 is 0. The minimum Gasteiger partial charge on any atom is -0.392 e. The highest BCUT2D eigenvalue weighted by Gasteiger charge is 2.07. The van der Waals surface area contributed by atoms with Crippen LogP contribution in [0.25, 0.3) is 0 Å². The van der Waals surface area contributed by atoms with Crippen molar-refractivity contribution in [3.8, 4) is 0 Å². The Morgan fingerprint density at radius 2 is 2.07 bits per heavy atom. The summed E-state index contributed by atoms with van der Waals surface area (Å²) in [7, 11) is 0. The van der Waals surface area contributed by atoms with E-state index < -0.39 is 0 Å². The quantitative estimate of drug-likeness (QED) is 0.794. The monoisotopic (exact) mass is 207 g/mol. The van der Waals surface area contributed by atoms with Gasteiger partial charge in [-0.05, 0) is 12.0 Å². The molecule has 0 atom stereocenters. The molecule has 2 N–H and O–H groups in total. The summed E-state index contributed by atoms with van der Waals surface area (Å²) in [5.74, 6) is 0.331. The molecule has 0 aliphatic rings. The topological polar surface area (TPSA) is 49.3 Å². The van der Waals surface area contributed by atoms with E-state index in [1.165, 1.54) is 0 Å². The number of rotatable bonds is 4. The van der Waals surface area contributed by atoms with E-state index in [1.807, 2.05) is 26.0 Å². The average Bonchev–Trinajstić information content (AvgIpc) is 2.17. The highest BCUT2D eigenvalue weighted by atomic mass is 16.3. The number of hydrogen-bond acceptors (Lipinski definition) is 2. The van der Waals surface area contributed by atoms with Gasteiger partial charge in [0.2, 0.25) is 5.91 Å². The lowest BCUT2D eigenvalue weighted by Gasteiger charge is -2.10. The van der Waals surface area contributed by atoms with Gasteiger partial charge in [-0.3, -0.25) is 4.79 Å². The number of hydrogen-bond donors (Lipinski definition) is 2. The summed E-state index contributed by atoms with van der Waals surface area (Å²) >= 11 is 0. The predicted octanol–water partition coefficient (Wildman–Crippen LogP) is 2.16. The fraction of sp³-hybridized carbons (Fsp3) is 0.417. The molecule has 0 radical (unpaired) electrons. The summed E-state index contributed by atoms with van der Waals surface area (Å²) in [6, 6.07) is 7.27. The Balaban J connectivity index is 2.67.